The number of hydrogen-bond acceptors (Lipinski definition) is 1. The zero-order chi connectivity index (χ0) is 44.7. The smallest absolute Gasteiger partial charge is 0.0540 e. The molecule has 1 heteroatoms. The Morgan fingerprint density at radius 3 is 1.41 bits per heavy atom. The average molecular weight is 846 g/mol. The van der Waals surface area contributed by atoms with Gasteiger partial charge in [0, 0.05) is 16.8 Å². The first-order valence-electron chi connectivity index (χ1n) is 22.9. The summed E-state index contributed by atoms with van der Waals surface area (Å²) in [4.78, 5) is 2.40. The minimum Gasteiger partial charge on any atom is -0.310 e. The topological polar surface area (TPSA) is 3.24 Å². The van der Waals surface area contributed by atoms with Crippen LogP contribution in [0.25, 0.3) is 45.2 Å². The molecule has 0 amide bonds. The summed E-state index contributed by atoms with van der Waals surface area (Å²) in [5, 5.41) is 2.36. The van der Waals surface area contributed by atoms with Crippen LogP contribution in [-0.4, -0.2) is 0 Å². The third-order valence-corrected chi connectivity index (χ3v) is 12.5. The number of benzene rings is 10. The fourth-order valence-electron chi connectivity index (χ4n) is 8.87. The molecule has 0 aliphatic carbocycles. The fourth-order valence-corrected chi connectivity index (χ4v) is 8.87. The molecule has 66 heavy (non-hydrogen) atoms. The van der Waals surface area contributed by atoms with Crippen LogP contribution in [0.3, 0.4) is 0 Å². The molecule has 1 nitrogen and oxygen atoms in total. The lowest BCUT2D eigenvalue weighted by Gasteiger charge is -2.27. The van der Waals surface area contributed by atoms with Crippen LogP contribution in [0.4, 0.5) is 17.1 Å². The molecule has 0 unspecified atom stereocenters. The Hall–Kier alpha value is -8.26. The average Bonchev–Trinajstić information content (AvgIpc) is 3.37. The summed E-state index contributed by atoms with van der Waals surface area (Å²) < 4.78 is 0. The van der Waals surface area contributed by atoms with E-state index in [0.717, 1.165) is 34.6 Å². The van der Waals surface area contributed by atoms with Crippen molar-refractivity contribution in [3.8, 4) is 11.1 Å². The SMILES string of the molecule is Cc1ccc(C(=Cc2ccc(N(c3ccc(-c4ccccc4)cc3)c3cccc4cc(/C=C(/c5ccccc5)c5ccc(Cc6ccccc6)cc5)ccc34)cc2)c2ccc(C)cc2)cc1. The molecule has 0 saturated heterocycles. The van der Waals surface area contributed by atoms with Gasteiger partial charge >= 0.3 is 0 Å². The maximum atomic E-state index is 2.40. The van der Waals surface area contributed by atoms with Crippen molar-refractivity contribution in [2.45, 2.75) is 20.3 Å². The molecule has 0 aromatic heterocycles. The van der Waals surface area contributed by atoms with Crippen molar-refractivity contribution in [2.75, 3.05) is 4.90 Å². The number of hydrogen-bond donors (Lipinski definition) is 0. The van der Waals surface area contributed by atoms with Gasteiger partial charge in [-0.2, -0.15) is 0 Å². The van der Waals surface area contributed by atoms with E-state index in [1.54, 1.807) is 0 Å². The summed E-state index contributed by atoms with van der Waals surface area (Å²) >= 11 is 0. The van der Waals surface area contributed by atoms with Gasteiger partial charge in [0.05, 0.1) is 5.69 Å². The first-order valence-corrected chi connectivity index (χ1v) is 22.9. The highest BCUT2D eigenvalue weighted by Gasteiger charge is 2.17. The number of aryl methyl sites for hydroxylation is 2. The van der Waals surface area contributed by atoms with Crippen LogP contribution in [0.15, 0.2) is 249 Å². The minimum absolute atomic E-state index is 0.914. The van der Waals surface area contributed by atoms with Crippen LogP contribution in [-0.2, 0) is 6.42 Å². The lowest BCUT2D eigenvalue weighted by molar-refractivity contribution is 1.19. The van der Waals surface area contributed by atoms with Gasteiger partial charge in [-0.05, 0) is 141 Å². The third kappa shape index (κ3) is 9.48. The second-order valence-electron chi connectivity index (χ2n) is 17.2. The summed E-state index contributed by atoms with van der Waals surface area (Å²) in [5.41, 5.74) is 20.3. The molecule has 316 valence electrons. The molecular weight excluding hydrogens is 795 g/mol. The van der Waals surface area contributed by atoms with E-state index in [-0.39, 0.29) is 0 Å². The Kier molecular flexibility index (Phi) is 12.2. The van der Waals surface area contributed by atoms with E-state index in [9.17, 15) is 0 Å². The molecule has 0 N–H and O–H groups in total. The second-order valence-corrected chi connectivity index (χ2v) is 17.2. The highest BCUT2D eigenvalue weighted by Crippen LogP contribution is 2.41. The molecule has 0 radical (unpaired) electrons. The largest absolute Gasteiger partial charge is 0.310 e. The number of fused-ring (bicyclic) bond motifs is 1. The summed E-state index contributed by atoms with van der Waals surface area (Å²) in [6, 6.07) is 90.3. The van der Waals surface area contributed by atoms with Gasteiger partial charge in [0.1, 0.15) is 0 Å². The van der Waals surface area contributed by atoms with Crippen LogP contribution in [0.1, 0.15) is 55.6 Å². The fraction of sp³-hybridized carbons (Fsp3) is 0.0462. The standard InChI is InChI=1S/C65H51N/c1-47-21-30-56(31-22-47)63(57-32-23-48(2)24-33-57)45-51-27-38-60(39-28-51)66(61-40-36-54(37-41-61)53-15-8-4-9-16-53)65-20-12-19-59-44-52(29-42-62(59)65)46-64(55-17-10-5-11-18-55)58-34-25-50(26-35-58)43-49-13-6-3-7-14-49/h3-42,44-46H,43H2,1-2H3/b64-46-. The quantitative estimate of drug-likeness (QED) is 0.111. The highest BCUT2D eigenvalue weighted by atomic mass is 15.1. The maximum Gasteiger partial charge on any atom is 0.0540 e. The van der Waals surface area contributed by atoms with Gasteiger partial charge in [0.15, 0.2) is 0 Å². The summed E-state index contributed by atoms with van der Waals surface area (Å²) in [6.07, 6.45) is 5.56. The Bertz CT molecular complexity index is 3210. The van der Waals surface area contributed by atoms with Crippen LogP contribution in [0, 0.1) is 13.8 Å². The minimum atomic E-state index is 0.914. The second kappa shape index (κ2) is 19.2. The zero-order valence-electron chi connectivity index (χ0n) is 37.5. The maximum absolute atomic E-state index is 2.40. The van der Waals surface area contributed by atoms with E-state index in [4.69, 9.17) is 0 Å². The molecule has 0 heterocycles. The lowest BCUT2D eigenvalue weighted by Crippen LogP contribution is -2.10. The van der Waals surface area contributed by atoms with E-state index < -0.39 is 0 Å². The van der Waals surface area contributed by atoms with Crippen molar-refractivity contribution >= 4 is 51.1 Å². The molecule has 0 aliphatic heterocycles. The van der Waals surface area contributed by atoms with Crippen LogP contribution in [0.5, 0.6) is 0 Å². The van der Waals surface area contributed by atoms with Gasteiger partial charge in [-0.15, -0.1) is 0 Å². The van der Waals surface area contributed by atoms with Crippen LogP contribution in [0.2, 0.25) is 0 Å². The third-order valence-electron chi connectivity index (χ3n) is 12.5. The molecule has 10 aromatic carbocycles. The van der Waals surface area contributed by atoms with E-state index in [2.05, 4.69) is 280 Å². The van der Waals surface area contributed by atoms with Gasteiger partial charge in [0.25, 0.3) is 0 Å². The predicted octanol–water partition coefficient (Wildman–Crippen LogP) is 17.4. The van der Waals surface area contributed by atoms with Crippen LogP contribution >= 0.6 is 0 Å². The van der Waals surface area contributed by atoms with Crippen molar-refractivity contribution in [1.82, 2.24) is 0 Å². The van der Waals surface area contributed by atoms with Crippen molar-refractivity contribution in [3.05, 3.63) is 304 Å². The van der Waals surface area contributed by atoms with E-state index >= 15 is 0 Å². The van der Waals surface area contributed by atoms with Crippen molar-refractivity contribution in [2.24, 2.45) is 0 Å². The van der Waals surface area contributed by atoms with Crippen LogP contribution < -0.4 is 4.90 Å². The number of rotatable bonds is 12. The molecule has 10 aromatic rings. The normalized spacial score (nSPS) is 11.3. The molecule has 10 rings (SSSR count). The Balaban J connectivity index is 1.04. The summed E-state index contributed by atoms with van der Waals surface area (Å²) in [5.74, 6) is 0. The van der Waals surface area contributed by atoms with Gasteiger partial charge in [0.2, 0.25) is 0 Å². The van der Waals surface area contributed by atoms with E-state index in [1.165, 1.54) is 77.6 Å². The van der Waals surface area contributed by atoms with Gasteiger partial charge in [-0.3, -0.25) is 0 Å². The van der Waals surface area contributed by atoms with Crippen molar-refractivity contribution in [3.63, 3.8) is 0 Å². The molecule has 0 spiro atoms. The first-order chi connectivity index (χ1) is 32.5. The van der Waals surface area contributed by atoms with E-state index in [1.807, 2.05) is 0 Å². The molecular formula is C65H51N. The monoisotopic (exact) mass is 845 g/mol. The van der Waals surface area contributed by atoms with Gasteiger partial charge in [-0.25, -0.2) is 0 Å². The molecule has 0 bridgehead atoms. The van der Waals surface area contributed by atoms with Crippen molar-refractivity contribution < 1.29 is 0 Å². The first kappa shape index (κ1) is 41.7. The molecule has 0 aliphatic rings. The molecule has 0 saturated carbocycles. The lowest BCUT2D eigenvalue weighted by atomic mass is 9.93. The Labute approximate surface area is 390 Å². The summed E-state index contributed by atoms with van der Waals surface area (Å²) in [7, 11) is 0. The highest BCUT2D eigenvalue weighted by molar-refractivity contribution is 6.01. The Morgan fingerprint density at radius 1 is 0.364 bits per heavy atom. The zero-order valence-corrected chi connectivity index (χ0v) is 37.5. The molecule has 0 fully saturated rings. The predicted molar refractivity (Wildman–Crippen MR) is 283 cm³/mol. The number of anilines is 3. The van der Waals surface area contributed by atoms with Gasteiger partial charge < -0.3 is 4.90 Å². The van der Waals surface area contributed by atoms with E-state index in [0.29, 0.717) is 0 Å². The van der Waals surface area contributed by atoms with Gasteiger partial charge in [-0.1, -0.05) is 223 Å². The summed E-state index contributed by atoms with van der Waals surface area (Å²) in [6.45, 7) is 4.28. The molecule has 0 atom stereocenters. The Morgan fingerprint density at radius 2 is 0.818 bits per heavy atom. The number of nitrogens with zero attached hydrogens (tertiary/aromatic N) is 1. The van der Waals surface area contributed by atoms with Crippen molar-refractivity contribution in [1.29, 1.82) is 0 Å².